The number of nitrogens with zero attached hydrogens (tertiary/aromatic N) is 1. The van der Waals surface area contributed by atoms with Gasteiger partial charge in [0, 0.05) is 6.54 Å². The number of hydrogen-bond donors (Lipinski definition) is 2. The van der Waals surface area contributed by atoms with Crippen LogP contribution in [0.3, 0.4) is 0 Å². The predicted molar refractivity (Wildman–Crippen MR) is 150 cm³/mol. The van der Waals surface area contributed by atoms with Crippen molar-refractivity contribution < 1.29 is 13.2 Å². The number of benzene rings is 4. The summed E-state index contributed by atoms with van der Waals surface area (Å²) in [5, 5.41) is 5.64. The molecule has 0 fully saturated rings. The molecule has 2 unspecified atom stereocenters. The summed E-state index contributed by atoms with van der Waals surface area (Å²) in [5.74, 6) is -0.218. The van der Waals surface area contributed by atoms with Crippen molar-refractivity contribution >= 4 is 39.6 Å². The molecule has 37 heavy (non-hydrogen) atoms. The van der Waals surface area contributed by atoms with Crippen LogP contribution in [0, 0.1) is 0 Å². The van der Waals surface area contributed by atoms with E-state index in [1.807, 2.05) is 24.3 Å². The smallest absolute Gasteiger partial charge is 0.311 e. The second-order valence-electron chi connectivity index (χ2n) is 8.65. The Balaban J connectivity index is 0.000000288. The predicted octanol–water partition coefficient (Wildman–Crippen LogP) is 5.70. The molecule has 5 rings (SSSR count). The van der Waals surface area contributed by atoms with E-state index in [2.05, 4.69) is 58.2 Å². The maximum Gasteiger partial charge on any atom is 0.311 e. The maximum atomic E-state index is 12.5. The van der Waals surface area contributed by atoms with Crippen molar-refractivity contribution in [3.63, 3.8) is 0 Å². The molecule has 0 bridgehead atoms. The average Bonchev–Trinajstić information content (AvgIpc) is 3.31. The lowest BCUT2D eigenvalue weighted by molar-refractivity contribution is -0.122. The SMILES string of the molecule is Cl.NCc1cccc2c1CCC2NC(=O)CC(N=S(=O)=O)c1ccccc1.c1ccc2ccccc2c1. The minimum atomic E-state index is -2.58. The van der Waals surface area contributed by atoms with Crippen LogP contribution in [0.5, 0.6) is 0 Å². The largest absolute Gasteiger partial charge is 0.349 e. The van der Waals surface area contributed by atoms with E-state index in [0.29, 0.717) is 12.1 Å². The van der Waals surface area contributed by atoms with E-state index < -0.39 is 16.5 Å². The third-order valence-corrected chi connectivity index (χ3v) is 6.78. The number of halogens is 1. The van der Waals surface area contributed by atoms with E-state index in [9.17, 15) is 13.2 Å². The summed E-state index contributed by atoms with van der Waals surface area (Å²) in [6, 6.07) is 30.9. The monoisotopic (exact) mass is 535 g/mol. The quantitative estimate of drug-likeness (QED) is 0.330. The van der Waals surface area contributed by atoms with E-state index in [4.69, 9.17) is 5.73 Å². The Morgan fingerprint density at radius 3 is 2.05 bits per heavy atom. The molecule has 0 spiro atoms. The van der Waals surface area contributed by atoms with Crippen LogP contribution in [-0.2, 0) is 28.3 Å². The fourth-order valence-corrected chi connectivity index (χ4v) is 5.03. The highest BCUT2D eigenvalue weighted by Crippen LogP contribution is 2.33. The van der Waals surface area contributed by atoms with Crippen molar-refractivity contribution in [2.45, 2.75) is 37.9 Å². The van der Waals surface area contributed by atoms with Gasteiger partial charge in [0.05, 0.1) is 12.5 Å². The molecular weight excluding hydrogens is 506 g/mol. The number of amides is 1. The molecule has 192 valence electrons. The van der Waals surface area contributed by atoms with Gasteiger partial charge in [-0.2, -0.15) is 12.8 Å². The Labute approximate surface area is 225 Å². The van der Waals surface area contributed by atoms with Gasteiger partial charge in [0.1, 0.15) is 6.04 Å². The van der Waals surface area contributed by atoms with Crippen LogP contribution in [0.4, 0.5) is 0 Å². The Morgan fingerprint density at radius 2 is 1.49 bits per heavy atom. The zero-order valence-corrected chi connectivity index (χ0v) is 21.9. The van der Waals surface area contributed by atoms with Crippen molar-refractivity contribution in [3.05, 3.63) is 119 Å². The fourth-order valence-electron chi connectivity index (χ4n) is 4.63. The first-order valence-electron chi connectivity index (χ1n) is 11.9. The first-order chi connectivity index (χ1) is 17.5. The topological polar surface area (TPSA) is 102 Å². The number of carbonyl (C=O) groups is 1. The van der Waals surface area contributed by atoms with Crippen molar-refractivity contribution in [1.29, 1.82) is 0 Å². The zero-order valence-electron chi connectivity index (χ0n) is 20.3. The molecule has 1 amide bonds. The Hall–Kier alpha value is -3.52. The van der Waals surface area contributed by atoms with Crippen LogP contribution in [0.2, 0.25) is 0 Å². The third kappa shape index (κ3) is 7.49. The molecular formula is C29H30ClN3O3S. The highest BCUT2D eigenvalue weighted by atomic mass is 35.5. The summed E-state index contributed by atoms with van der Waals surface area (Å²) in [5.41, 5.74) is 9.91. The van der Waals surface area contributed by atoms with Gasteiger partial charge in [-0.15, -0.1) is 12.4 Å². The van der Waals surface area contributed by atoms with Crippen molar-refractivity contribution in [2.24, 2.45) is 10.1 Å². The molecule has 0 saturated carbocycles. The van der Waals surface area contributed by atoms with Crippen molar-refractivity contribution in [3.8, 4) is 0 Å². The van der Waals surface area contributed by atoms with Gasteiger partial charge < -0.3 is 11.1 Å². The van der Waals surface area contributed by atoms with Crippen molar-refractivity contribution in [2.75, 3.05) is 0 Å². The molecule has 2 atom stereocenters. The van der Waals surface area contributed by atoms with Crippen LogP contribution < -0.4 is 11.1 Å². The lowest BCUT2D eigenvalue weighted by atomic mass is 10.0. The van der Waals surface area contributed by atoms with Crippen LogP contribution in [0.25, 0.3) is 10.8 Å². The van der Waals surface area contributed by atoms with Gasteiger partial charge in [-0.05, 0) is 45.9 Å². The average molecular weight is 536 g/mol. The summed E-state index contributed by atoms with van der Waals surface area (Å²) in [7, 11) is -2.58. The van der Waals surface area contributed by atoms with Crippen LogP contribution >= 0.6 is 12.4 Å². The minimum absolute atomic E-state index is 0. The fraction of sp³-hybridized carbons (Fsp3) is 0.207. The molecule has 0 aliphatic heterocycles. The number of rotatable bonds is 6. The van der Waals surface area contributed by atoms with Gasteiger partial charge >= 0.3 is 10.5 Å². The second kappa shape index (κ2) is 13.7. The minimum Gasteiger partial charge on any atom is -0.349 e. The van der Waals surface area contributed by atoms with Gasteiger partial charge in [-0.1, -0.05) is 97.1 Å². The van der Waals surface area contributed by atoms with Gasteiger partial charge in [0.15, 0.2) is 0 Å². The summed E-state index contributed by atoms with van der Waals surface area (Å²) in [4.78, 5) is 12.5. The molecule has 8 heteroatoms. The van der Waals surface area contributed by atoms with E-state index in [0.717, 1.165) is 24.0 Å². The molecule has 1 aliphatic rings. The van der Waals surface area contributed by atoms with Crippen LogP contribution in [0.15, 0.2) is 101 Å². The van der Waals surface area contributed by atoms with E-state index >= 15 is 0 Å². The summed E-state index contributed by atoms with van der Waals surface area (Å²) in [6.07, 6.45) is 1.68. The Morgan fingerprint density at radius 1 is 0.892 bits per heavy atom. The van der Waals surface area contributed by atoms with Gasteiger partial charge in [-0.3, -0.25) is 4.79 Å². The number of fused-ring (bicyclic) bond motifs is 2. The maximum absolute atomic E-state index is 12.5. The zero-order chi connectivity index (χ0) is 25.3. The molecule has 4 aromatic rings. The molecule has 3 N–H and O–H groups in total. The number of hydrogen-bond acceptors (Lipinski definition) is 5. The van der Waals surface area contributed by atoms with E-state index in [1.54, 1.807) is 24.3 Å². The summed E-state index contributed by atoms with van der Waals surface area (Å²) in [6.45, 7) is 0.480. The molecule has 0 aromatic heterocycles. The Kier molecular flexibility index (Phi) is 10.4. The summed E-state index contributed by atoms with van der Waals surface area (Å²) < 4.78 is 25.7. The van der Waals surface area contributed by atoms with Crippen molar-refractivity contribution in [1.82, 2.24) is 5.32 Å². The van der Waals surface area contributed by atoms with Gasteiger partial charge in [-0.25, -0.2) is 0 Å². The van der Waals surface area contributed by atoms with Crippen LogP contribution in [-0.4, -0.2) is 14.3 Å². The number of nitrogens with two attached hydrogens (primary N) is 1. The van der Waals surface area contributed by atoms with Crippen LogP contribution in [0.1, 0.15) is 47.2 Å². The molecule has 1 aliphatic carbocycles. The number of nitrogens with one attached hydrogen (secondary N) is 1. The first kappa shape index (κ1) is 28.1. The molecule has 6 nitrogen and oxygen atoms in total. The normalized spacial score (nSPS) is 14.4. The molecule has 0 radical (unpaired) electrons. The first-order valence-corrected chi connectivity index (χ1v) is 13.0. The molecule has 4 aromatic carbocycles. The lowest BCUT2D eigenvalue weighted by Crippen LogP contribution is -2.28. The number of carbonyl (C=O) groups excluding carboxylic acids is 1. The van der Waals surface area contributed by atoms with E-state index in [-0.39, 0.29) is 30.8 Å². The highest BCUT2D eigenvalue weighted by molar-refractivity contribution is 7.61. The highest BCUT2D eigenvalue weighted by Gasteiger charge is 2.26. The standard InChI is InChI=1S/C19H21N3O3S.C10H8.ClH/c20-12-14-7-4-8-16-15(14)9-10-17(16)21-19(23)11-18(22-26(24)25)13-5-2-1-3-6-13;1-2-6-10-8-4-3-7-9(10)5-1;/h1-8,17-18H,9-12,20H2,(H,21,23);1-8H;1H. The Bertz CT molecular complexity index is 1400. The lowest BCUT2D eigenvalue weighted by Gasteiger charge is -2.17. The van der Waals surface area contributed by atoms with Gasteiger partial charge in [0.2, 0.25) is 5.91 Å². The molecule has 0 heterocycles. The summed E-state index contributed by atoms with van der Waals surface area (Å²) >= 11 is 0. The van der Waals surface area contributed by atoms with E-state index in [1.165, 1.54) is 16.3 Å². The third-order valence-electron chi connectivity index (χ3n) is 6.36. The second-order valence-corrected chi connectivity index (χ2v) is 9.29. The van der Waals surface area contributed by atoms with Gasteiger partial charge in [0.25, 0.3) is 0 Å². The molecule has 0 saturated heterocycles.